The van der Waals surface area contributed by atoms with Gasteiger partial charge in [-0.1, -0.05) is 6.92 Å². The minimum absolute atomic E-state index is 0. The number of hydrogen-bond acceptors (Lipinski definition) is 4. The lowest BCUT2D eigenvalue weighted by molar-refractivity contribution is 0.107. The summed E-state index contributed by atoms with van der Waals surface area (Å²) in [5.41, 5.74) is 0. The molecule has 1 saturated carbocycles. The molecule has 7 heteroatoms. The van der Waals surface area contributed by atoms with E-state index in [1.807, 2.05) is 18.8 Å². The predicted octanol–water partition coefficient (Wildman–Crippen LogP) is 2.08. The van der Waals surface area contributed by atoms with Gasteiger partial charge < -0.3 is 15.5 Å². The third-order valence-electron chi connectivity index (χ3n) is 5.32. The second kappa shape index (κ2) is 11.8. The summed E-state index contributed by atoms with van der Waals surface area (Å²) in [5, 5.41) is 7.95. The predicted molar refractivity (Wildman–Crippen MR) is 118 cm³/mol. The van der Waals surface area contributed by atoms with Crippen molar-refractivity contribution in [2.45, 2.75) is 50.4 Å². The molecular formula is C17H36IN5S. The first kappa shape index (κ1) is 22.3. The number of likely N-dealkylation sites (N-methyl/N-ethyl adjacent to an activating group) is 1. The molecule has 3 unspecified atom stereocenters. The average Bonchev–Trinajstić information content (AvgIpc) is 3.06. The van der Waals surface area contributed by atoms with Crippen LogP contribution in [0.5, 0.6) is 0 Å². The smallest absolute Gasteiger partial charge is 0.191 e. The van der Waals surface area contributed by atoms with Gasteiger partial charge in [-0.05, 0) is 39.0 Å². The van der Waals surface area contributed by atoms with E-state index in [2.05, 4.69) is 45.5 Å². The molecule has 5 nitrogen and oxygen atoms in total. The summed E-state index contributed by atoms with van der Waals surface area (Å²) in [6.07, 6.45) is 6.07. The average molecular weight is 469 g/mol. The lowest BCUT2D eigenvalue weighted by Crippen LogP contribution is -2.53. The van der Waals surface area contributed by atoms with Crippen LogP contribution in [0.1, 0.15) is 33.1 Å². The van der Waals surface area contributed by atoms with Crippen molar-refractivity contribution in [2.24, 2.45) is 4.99 Å². The molecular weight excluding hydrogens is 433 g/mol. The van der Waals surface area contributed by atoms with E-state index in [0.29, 0.717) is 12.1 Å². The van der Waals surface area contributed by atoms with Gasteiger partial charge in [0, 0.05) is 57.1 Å². The number of nitrogens with one attached hydrogen (secondary N) is 2. The molecule has 0 amide bonds. The topological polar surface area (TPSA) is 42.9 Å². The third kappa shape index (κ3) is 6.88. The zero-order valence-corrected chi connectivity index (χ0v) is 18.9. The maximum Gasteiger partial charge on any atom is 0.191 e. The Labute approximate surface area is 169 Å². The molecule has 1 heterocycles. The van der Waals surface area contributed by atoms with Crippen LogP contribution in [0.15, 0.2) is 4.99 Å². The highest BCUT2D eigenvalue weighted by atomic mass is 127. The van der Waals surface area contributed by atoms with Crippen LogP contribution < -0.4 is 10.6 Å². The Bertz CT molecular complexity index is 374. The van der Waals surface area contributed by atoms with E-state index in [0.717, 1.165) is 17.8 Å². The van der Waals surface area contributed by atoms with E-state index in [-0.39, 0.29) is 24.0 Å². The summed E-state index contributed by atoms with van der Waals surface area (Å²) in [6, 6.07) is 1.14. The van der Waals surface area contributed by atoms with Crippen LogP contribution in [-0.4, -0.2) is 85.7 Å². The van der Waals surface area contributed by atoms with Crippen LogP contribution in [-0.2, 0) is 0 Å². The van der Waals surface area contributed by atoms with E-state index >= 15 is 0 Å². The monoisotopic (exact) mass is 469 g/mol. The van der Waals surface area contributed by atoms with Gasteiger partial charge in [-0.2, -0.15) is 11.8 Å². The van der Waals surface area contributed by atoms with Crippen molar-refractivity contribution in [1.29, 1.82) is 0 Å². The van der Waals surface area contributed by atoms with E-state index in [1.165, 1.54) is 52.0 Å². The lowest BCUT2D eigenvalue weighted by Gasteiger charge is -2.37. The molecule has 3 atom stereocenters. The summed E-state index contributed by atoms with van der Waals surface area (Å²) >= 11 is 2.00. The molecule has 142 valence electrons. The van der Waals surface area contributed by atoms with Gasteiger partial charge in [0.05, 0.1) is 0 Å². The number of nitrogens with zero attached hydrogens (tertiary/aromatic N) is 3. The normalized spacial score (nSPS) is 27.6. The number of thioether (sulfide) groups is 1. The van der Waals surface area contributed by atoms with Crippen molar-refractivity contribution in [3.05, 3.63) is 0 Å². The van der Waals surface area contributed by atoms with E-state index in [9.17, 15) is 0 Å². The van der Waals surface area contributed by atoms with Crippen molar-refractivity contribution >= 4 is 41.7 Å². The van der Waals surface area contributed by atoms with Gasteiger partial charge in [0.2, 0.25) is 0 Å². The fourth-order valence-electron chi connectivity index (χ4n) is 3.57. The summed E-state index contributed by atoms with van der Waals surface area (Å²) < 4.78 is 0. The Hall–Kier alpha value is 0.270. The van der Waals surface area contributed by atoms with Crippen LogP contribution in [0.2, 0.25) is 0 Å². The minimum atomic E-state index is 0. The fraction of sp³-hybridized carbons (Fsp3) is 0.941. The van der Waals surface area contributed by atoms with Crippen LogP contribution in [0.4, 0.5) is 0 Å². The molecule has 1 aliphatic carbocycles. The number of guanidine groups is 1. The molecule has 0 aromatic carbocycles. The summed E-state index contributed by atoms with van der Waals surface area (Å²) in [4.78, 5) is 9.52. The Morgan fingerprint density at radius 2 is 1.96 bits per heavy atom. The molecule has 0 spiro atoms. The molecule has 1 saturated heterocycles. The maximum absolute atomic E-state index is 4.41. The molecule has 0 aromatic rings. The van der Waals surface area contributed by atoms with E-state index < -0.39 is 0 Å². The van der Waals surface area contributed by atoms with Gasteiger partial charge in [0.15, 0.2) is 5.96 Å². The van der Waals surface area contributed by atoms with Crippen LogP contribution >= 0.6 is 35.7 Å². The van der Waals surface area contributed by atoms with Crippen LogP contribution in [0.25, 0.3) is 0 Å². The van der Waals surface area contributed by atoms with E-state index in [1.54, 1.807) is 0 Å². The highest BCUT2D eigenvalue weighted by Gasteiger charge is 2.25. The van der Waals surface area contributed by atoms with Gasteiger partial charge in [-0.15, -0.1) is 24.0 Å². The molecule has 1 aliphatic heterocycles. The second-order valence-electron chi connectivity index (χ2n) is 6.78. The molecule has 2 N–H and O–H groups in total. The number of halogens is 1. The lowest BCUT2D eigenvalue weighted by atomic mass is 10.2. The first-order valence-electron chi connectivity index (χ1n) is 9.12. The molecule has 2 rings (SSSR count). The molecule has 0 radical (unpaired) electrons. The Balaban J connectivity index is 0.00000288. The Kier molecular flexibility index (Phi) is 11.0. The van der Waals surface area contributed by atoms with Gasteiger partial charge in [0.1, 0.15) is 0 Å². The molecule has 0 bridgehead atoms. The van der Waals surface area contributed by atoms with Crippen molar-refractivity contribution in [3.63, 3.8) is 0 Å². The van der Waals surface area contributed by atoms with Crippen LogP contribution in [0, 0.1) is 0 Å². The van der Waals surface area contributed by atoms with Crippen molar-refractivity contribution < 1.29 is 0 Å². The Morgan fingerprint density at radius 1 is 1.25 bits per heavy atom. The maximum atomic E-state index is 4.41. The second-order valence-corrected chi connectivity index (χ2v) is 7.92. The fourth-order valence-corrected chi connectivity index (χ4v) is 4.36. The van der Waals surface area contributed by atoms with Gasteiger partial charge in [0.25, 0.3) is 0 Å². The van der Waals surface area contributed by atoms with Crippen molar-refractivity contribution in [1.82, 2.24) is 20.4 Å². The van der Waals surface area contributed by atoms with Crippen molar-refractivity contribution in [2.75, 3.05) is 52.6 Å². The largest absolute Gasteiger partial charge is 0.355 e. The van der Waals surface area contributed by atoms with Crippen LogP contribution in [0.3, 0.4) is 0 Å². The number of hydrogen-bond donors (Lipinski definition) is 2. The summed E-state index contributed by atoms with van der Waals surface area (Å²) in [6.45, 7) is 11.5. The zero-order chi connectivity index (χ0) is 16.7. The number of aliphatic imine (C=N–C) groups is 1. The number of rotatable bonds is 6. The zero-order valence-electron chi connectivity index (χ0n) is 15.8. The van der Waals surface area contributed by atoms with Crippen molar-refractivity contribution in [3.8, 4) is 0 Å². The highest BCUT2D eigenvalue weighted by molar-refractivity contribution is 14.0. The molecule has 2 fully saturated rings. The first-order valence-corrected chi connectivity index (χ1v) is 10.4. The number of piperazine rings is 1. The summed E-state index contributed by atoms with van der Waals surface area (Å²) in [7, 11) is 1.88. The van der Waals surface area contributed by atoms with Gasteiger partial charge in [-0.3, -0.25) is 9.89 Å². The molecule has 24 heavy (non-hydrogen) atoms. The SMILES string of the molecule is CCN1CCN(C(C)CNC(=NC)NC2CCC(SC)C2)CC1.I. The standard InChI is InChI=1S/C17H35N5S.HI/c1-5-21-8-10-22(11-9-21)14(2)13-19-17(18-3)20-15-6-7-16(12-15)23-4;/h14-16H,5-13H2,1-4H3,(H2,18,19,20);1H. The van der Waals surface area contributed by atoms with E-state index in [4.69, 9.17) is 0 Å². The summed E-state index contributed by atoms with van der Waals surface area (Å²) in [5.74, 6) is 0.968. The van der Waals surface area contributed by atoms with Gasteiger partial charge in [-0.25, -0.2) is 0 Å². The third-order valence-corrected chi connectivity index (χ3v) is 6.42. The molecule has 2 aliphatic rings. The highest BCUT2D eigenvalue weighted by Crippen LogP contribution is 2.27. The minimum Gasteiger partial charge on any atom is -0.355 e. The Morgan fingerprint density at radius 3 is 2.50 bits per heavy atom. The molecule has 0 aromatic heterocycles. The quantitative estimate of drug-likeness (QED) is 0.354. The first-order chi connectivity index (χ1) is 11.2. The van der Waals surface area contributed by atoms with Gasteiger partial charge >= 0.3 is 0 Å².